The zero-order valence-corrected chi connectivity index (χ0v) is 12.5. The first-order valence-electron chi connectivity index (χ1n) is 6.90. The molecule has 0 aromatic heterocycles. The Kier molecular flexibility index (Phi) is 5.02. The van der Waals surface area contributed by atoms with Crippen molar-refractivity contribution in [3.63, 3.8) is 0 Å². The molecule has 0 radical (unpaired) electrons. The molecule has 106 valence electrons. The summed E-state index contributed by atoms with van der Waals surface area (Å²) in [5.41, 5.74) is 3.12. The van der Waals surface area contributed by atoms with Crippen LogP contribution in [0.5, 0.6) is 0 Å². The molecule has 1 unspecified atom stereocenters. The van der Waals surface area contributed by atoms with E-state index in [1.54, 1.807) is 6.07 Å². The average molecular weight is 292 g/mol. The Morgan fingerprint density at radius 1 is 1.15 bits per heavy atom. The highest BCUT2D eigenvalue weighted by atomic mass is 35.5. The maximum Gasteiger partial charge on any atom is 0.125 e. The van der Waals surface area contributed by atoms with Crippen molar-refractivity contribution in [2.24, 2.45) is 0 Å². The van der Waals surface area contributed by atoms with E-state index in [1.807, 2.05) is 6.92 Å². The quantitative estimate of drug-likeness (QED) is 0.755. The van der Waals surface area contributed by atoms with Crippen molar-refractivity contribution < 1.29 is 4.39 Å². The summed E-state index contributed by atoms with van der Waals surface area (Å²) in [7, 11) is 0. The number of aryl methyl sites for hydroxylation is 1. The first-order valence-corrected chi connectivity index (χ1v) is 7.28. The highest BCUT2D eigenvalue weighted by Gasteiger charge is 2.08. The second kappa shape index (κ2) is 6.76. The molecule has 0 aliphatic carbocycles. The van der Waals surface area contributed by atoms with Crippen LogP contribution in [0.2, 0.25) is 5.02 Å². The predicted octanol–water partition coefficient (Wildman–Crippen LogP) is 5.60. The van der Waals surface area contributed by atoms with Gasteiger partial charge in [-0.2, -0.15) is 0 Å². The predicted molar refractivity (Wildman–Crippen MR) is 83.9 cm³/mol. The van der Waals surface area contributed by atoms with Crippen molar-refractivity contribution in [3.05, 3.63) is 64.4 Å². The van der Waals surface area contributed by atoms with Crippen LogP contribution in [0.15, 0.2) is 42.5 Å². The number of hydrogen-bond acceptors (Lipinski definition) is 1. The Labute approximate surface area is 124 Å². The van der Waals surface area contributed by atoms with E-state index >= 15 is 0 Å². The van der Waals surface area contributed by atoms with Gasteiger partial charge in [-0.15, -0.1) is 0 Å². The number of hydrogen-bond donors (Lipinski definition) is 1. The number of nitrogens with one attached hydrogen (secondary N) is 1. The molecule has 0 fully saturated rings. The number of anilines is 1. The van der Waals surface area contributed by atoms with E-state index in [2.05, 4.69) is 36.5 Å². The standard InChI is InChI=1S/C17H19ClFN/c1-3-4-13-5-7-14(8-6-13)12(2)20-17-11-15(19)9-10-16(17)18/h5-12,20H,3-4H2,1-2H3. The topological polar surface area (TPSA) is 12.0 Å². The molecule has 2 aromatic carbocycles. The Hall–Kier alpha value is -1.54. The van der Waals surface area contributed by atoms with Crippen molar-refractivity contribution >= 4 is 17.3 Å². The summed E-state index contributed by atoms with van der Waals surface area (Å²) in [6.07, 6.45) is 2.24. The molecule has 0 bridgehead atoms. The van der Waals surface area contributed by atoms with Crippen molar-refractivity contribution in [1.29, 1.82) is 0 Å². The molecule has 0 amide bonds. The summed E-state index contributed by atoms with van der Waals surface area (Å²) in [6, 6.07) is 12.9. The Morgan fingerprint density at radius 2 is 1.85 bits per heavy atom. The van der Waals surface area contributed by atoms with Gasteiger partial charge in [0, 0.05) is 6.04 Å². The molecule has 20 heavy (non-hydrogen) atoms. The molecule has 0 aliphatic heterocycles. The van der Waals surface area contributed by atoms with E-state index < -0.39 is 0 Å². The second-order valence-corrected chi connectivity index (χ2v) is 5.39. The van der Waals surface area contributed by atoms with Gasteiger partial charge in [0.15, 0.2) is 0 Å². The first-order chi connectivity index (χ1) is 9.60. The lowest BCUT2D eigenvalue weighted by Gasteiger charge is -2.17. The van der Waals surface area contributed by atoms with Crippen LogP contribution in [0.4, 0.5) is 10.1 Å². The fourth-order valence-electron chi connectivity index (χ4n) is 2.19. The summed E-state index contributed by atoms with van der Waals surface area (Å²) in [6.45, 7) is 4.21. The second-order valence-electron chi connectivity index (χ2n) is 4.98. The maximum absolute atomic E-state index is 13.2. The highest BCUT2D eigenvalue weighted by Crippen LogP contribution is 2.27. The molecule has 2 rings (SSSR count). The average Bonchev–Trinajstić information content (AvgIpc) is 2.44. The maximum atomic E-state index is 13.2. The van der Waals surface area contributed by atoms with Gasteiger partial charge in [0.2, 0.25) is 0 Å². The lowest BCUT2D eigenvalue weighted by molar-refractivity contribution is 0.628. The van der Waals surface area contributed by atoms with E-state index in [0.717, 1.165) is 18.4 Å². The molecule has 1 atom stereocenters. The molecule has 3 heteroatoms. The van der Waals surface area contributed by atoms with Gasteiger partial charge in [-0.25, -0.2) is 4.39 Å². The van der Waals surface area contributed by atoms with Crippen molar-refractivity contribution in [2.45, 2.75) is 32.7 Å². The first kappa shape index (κ1) is 14.9. The van der Waals surface area contributed by atoms with Crippen LogP contribution < -0.4 is 5.32 Å². The third-order valence-electron chi connectivity index (χ3n) is 3.32. The molecule has 1 nitrogen and oxygen atoms in total. The lowest BCUT2D eigenvalue weighted by atomic mass is 10.0. The molecule has 0 spiro atoms. The molecular weight excluding hydrogens is 273 g/mol. The fraction of sp³-hybridized carbons (Fsp3) is 0.294. The number of rotatable bonds is 5. The molecule has 0 heterocycles. The van der Waals surface area contributed by atoms with Crippen LogP contribution in [0.3, 0.4) is 0 Å². The van der Waals surface area contributed by atoms with Crippen LogP contribution in [-0.2, 0) is 6.42 Å². The van der Waals surface area contributed by atoms with Gasteiger partial charge in [0.1, 0.15) is 5.82 Å². The minimum Gasteiger partial charge on any atom is -0.377 e. The van der Waals surface area contributed by atoms with Gasteiger partial charge in [0.25, 0.3) is 0 Å². The van der Waals surface area contributed by atoms with Crippen LogP contribution in [0, 0.1) is 5.82 Å². The minimum atomic E-state index is -0.289. The van der Waals surface area contributed by atoms with E-state index in [1.165, 1.54) is 17.7 Å². The summed E-state index contributed by atoms with van der Waals surface area (Å²) in [5.74, 6) is -0.289. The van der Waals surface area contributed by atoms with Gasteiger partial charge in [-0.1, -0.05) is 49.2 Å². The molecular formula is C17H19ClFN. The van der Waals surface area contributed by atoms with E-state index in [-0.39, 0.29) is 11.9 Å². The molecule has 0 aliphatic rings. The van der Waals surface area contributed by atoms with Crippen LogP contribution >= 0.6 is 11.6 Å². The highest BCUT2D eigenvalue weighted by molar-refractivity contribution is 6.33. The summed E-state index contributed by atoms with van der Waals surface area (Å²) in [4.78, 5) is 0. The van der Waals surface area contributed by atoms with E-state index in [0.29, 0.717) is 10.7 Å². The monoisotopic (exact) mass is 291 g/mol. The largest absolute Gasteiger partial charge is 0.377 e. The van der Waals surface area contributed by atoms with Gasteiger partial charge < -0.3 is 5.32 Å². The normalized spacial score (nSPS) is 12.2. The van der Waals surface area contributed by atoms with Gasteiger partial charge in [-0.3, -0.25) is 0 Å². The third kappa shape index (κ3) is 3.73. The summed E-state index contributed by atoms with van der Waals surface area (Å²) in [5, 5.41) is 3.78. The zero-order valence-electron chi connectivity index (χ0n) is 11.8. The van der Waals surface area contributed by atoms with E-state index in [9.17, 15) is 4.39 Å². The fourth-order valence-corrected chi connectivity index (χ4v) is 2.36. The Bertz CT molecular complexity index is 566. The van der Waals surface area contributed by atoms with Gasteiger partial charge in [0.05, 0.1) is 10.7 Å². The molecule has 2 aromatic rings. The van der Waals surface area contributed by atoms with E-state index in [4.69, 9.17) is 11.6 Å². The zero-order chi connectivity index (χ0) is 14.5. The number of benzene rings is 2. The third-order valence-corrected chi connectivity index (χ3v) is 3.65. The molecule has 0 saturated heterocycles. The minimum absolute atomic E-state index is 0.0741. The lowest BCUT2D eigenvalue weighted by Crippen LogP contribution is -2.07. The smallest absolute Gasteiger partial charge is 0.125 e. The van der Waals surface area contributed by atoms with Gasteiger partial charge >= 0.3 is 0 Å². The molecule has 1 N–H and O–H groups in total. The van der Waals surface area contributed by atoms with Crippen LogP contribution in [0.1, 0.15) is 37.4 Å². The number of halogens is 2. The van der Waals surface area contributed by atoms with Gasteiger partial charge in [-0.05, 0) is 42.7 Å². The van der Waals surface area contributed by atoms with Crippen molar-refractivity contribution in [1.82, 2.24) is 0 Å². The van der Waals surface area contributed by atoms with Crippen LogP contribution in [-0.4, -0.2) is 0 Å². The SMILES string of the molecule is CCCc1ccc(C(C)Nc2cc(F)ccc2Cl)cc1. The van der Waals surface area contributed by atoms with Crippen LogP contribution in [0.25, 0.3) is 0 Å². The Balaban J connectivity index is 2.11. The Morgan fingerprint density at radius 3 is 2.50 bits per heavy atom. The molecule has 0 saturated carbocycles. The summed E-state index contributed by atoms with van der Waals surface area (Å²) < 4.78 is 13.2. The van der Waals surface area contributed by atoms with Crippen molar-refractivity contribution in [3.8, 4) is 0 Å². The summed E-state index contributed by atoms with van der Waals surface area (Å²) >= 11 is 6.07. The van der Waals surface area contributed by atoms with Crippen molar-refractivity contribution in [2.75, 3.05) is 5.32 Å².